The van der Waals surface area contributed by atoms with Crippen LogP contribution in [0.2, 0.25) is 0 Å². The first-order valence-corrected chi connectivity index (χ1v) is 7.28. The number of nitrogens with one attached hydrogen (secondary N) is 1. The zero-order chi connectivity index (χ0) is 13.8. The van der Waals surface area contributed by atoms with Gasteiger partial charge in [0.15, 0.2) is 0 Å². The molecule has 0 atom stereocenters. The van der Waals surface area contributed by atoms with Gasteiger partial charge < -0.3 is 10.1 Å². The van der Waals surface area contributed by atoms with E-state index in [4.69, 9.17) is 4.74 Å². The van der Waals surface area contributed by atoms with Crippen molar-refractivity contribution in [2.45, 2.75) is 13.2 Å². The normalized spacial score (nSPS) is 10.8. The van der Waals surface area contributed by atoms with Gasteiger partial charge in [0.2, 0.25) is 0 Å². The van der Waals surface area contributed by atoms with Crippen LogP contribution in [0.1, 0.15) is 10.7 Å². The van der Waals surface area contributed by atoms with E-state index in [9.17, 15) is 0 Å². The Morgan fingerprint density at radius 1 is 1.30 bits per heavy atom. The highest BCUT2D eigenvalue weighted by molar-refractivity contribution is 7.09. The van der Waals surface area contributed by atoms with Gasteiger partial charge in [-0.1, -0.05) is 18.2 Å². The van der Waals surface area contributed by atoms with E-state index in [-0.39, 0.29) is 0 Å². The molecule has 5 heteroatoms. The standard InChI is InChI=1S/C15H15N3OS/c1-16-8-15-18-12(10-20-15)9-19-13-6-11-4-2-3-5-14(11)17-7-13/h2-7,10,16H,8-9H2,1H3. The summed E-state index contributed by atoms with van der Waals surface area (Å²) >= 11 is 1.64. The number of pyridine rings is 1. The topological polar surface area (TPSA) is 47.0 Å². The predicted molar refractivity (Wildman–Crippen MR) is 81.0 cm³/mol. The molecule has 2 heterocycles. The number of rotatable bonds is 5. The van der Waals surface area contributed by atoms with Gasteiger partial charge in [0.1, 0.15) is 17.4 Å². The quantitative estimate of drug-likeness (QED) is 0.783. The van der Waals surface area contributed by atoms with Crippen molar-refractivity contribution >= 4 is 22.2 Å². The maximum atomic E-state index is 5.75. The van der Waals surface area contributed by atoms with E-state index in [1.54, 1.807) is 17.5 Å². The molecule has 1 aromatic carbocycles. The van der Waals surface area contributed by atoms with Crippen LogP contribution in [0.15, 0.2) is 41.9 Å². The van der Waals surface area contributed by atoms with Crippen molar-refractivity contribution < 1.29 is 4.74 Å². The third-order valence-corrected chi connectivity index (χ3v) is 3.78. The largest absolute Gasteiger partial charge is 0.486 e. The highest BCUT2D eigenvalue weighted by atomic mass is 32.1. The lowest BCUT2D eigenvalue weighted by Gasteiger charge is -2.05. The van der Waals surface area contributed by atoms with E-state index < -0.39 is 0 Å². The molecule has 0 spiro atoms. The van der Waals surface area contributed by atoms with Crippen LogP contribution in [0.4, 0.5) is 0 Å². The Hall–Kier alpha value is -1.98. The fourth-order valence-electron chi connectivity index (χ4n) is 1.93. The van der Waals surface area contributed by atoms with Gasteiger partial charge in [0.05, 0.1) is 17.4 Å². The molecule has 102 valence electrons. The summed E-state index contributed by atoms with van der Waals surface area (Å²) in [6, 6.07) is 10.0. The Balaban J connectivity index is 1.69. The second-order valence-corrected chi connectivity index (χ2v) is 5.36. The summed E-state index contributed by atoms with van der Waals surface area (Å²) < 4.78 is 5.75. The van der Waals surface area contributed by atoms with Gasteiger partial charge in [-0.25, -0.2) is 4.98 Å². The van der Waals surface area contributed by atoms with E-state index in [1.807, 2.05) is 42.8 Å². The van der Waals surface area contributed by atoms with Gasteiger partial charge in [-0.15, -0.1) is 11.3 Å². The minimum atomic E-state index is 0.472. The minimum Gasteiger partial charge on any atom is -0.486 e. The Labute approximate surface area is 121 Å². The zero-order valence-electron chi connectivity index (χ0n) is 11.2. The number of benzene rings is 1. The van der Waals surface area contributed by atoms with Crippen LogP contribution in [-0.2, 0) is 13.2 Å². The van der Waals surface area contributed by atoms with Crippen LogP contribution in [0.25, 0.3) is 10.9 Å². The van der Waals surface area contributed by atoms with Gasteiger partial charge in [0.25, 0.3) is 0 Å². The minimum absolute atomic E-state index is 0.472. The molecular weight excluding hydrogens is 270 g/mol. The molecule has 0 bridgehead atoms. The number of para-hydroxylation sites is 1. The molecule has 0 amide bonds. The van der Waals surface area contributed by atoms with Gasteiger partial charge in [-0.3, -0.25) is 4.98 Å². The molecule has 20 heavy (non-hydrogen) atoms. The Morgan fingerprint density at radius 2 is 2.20 bits per heavy atom. The van der Waals surface area contributed by atoms with Crippen LogP contribution in [0.3, 0.4) is 0 Å². The molecular formula is C15H15N3OS. The van der Waals surface area contributed by atoms with Crippen LogP contribution in [0, 0.1) is 0 Å². The van der Waals surface area contributed by atoms with Crippen molar-refractivity contribution in [2.75, 3.05) is 7.05 Å². The molecule has 0 unspecified atom stereocenters. The Morgan fingerprint density at radius 3 is 3.10 bits per heavy atom. The summed E-state index contributed by atoms with van der Waals surface area (Å²) in [4.78, 5) is 8.86. The third-order valence-electron chi connectivity index (χ3n) is 2.88. The molecule has 3 rings (SSSR count). The maximum absolute atomic E-state index is 5.75. The lowest BCUT2D eigenvalue weighted by atomic mass is 10.2. The van der Waals surface area contributed by atoms with Crippen LogP contribution in [-0.4, -0.2) is 17.0 Å². The van der Waals surface area contributed by atoms with E-state index >= 15 is 0 Å². The van der Waals surface area contributed by atoms with E-state index in [0.29, 0.717) is 6.61 Å². The predicted octanol–water partition coefficient (Wildman–Crippen LogP) is 2.99. The number of nitrogens with zero attached hydrogens (tertiary/aromatic N) is 2. The molecule has 2 aromatic heterocycles. The summed E-state index contributed by atoms with van der Waals surface area (Å²) in [6.07, 6.45) is 1.75. The molecule has 4 nitrogen and oxygen atoms in total. The first-order valence-electron chi connectivity index (χ1n) is 6.40. The van der Waals surface area contributed by atoms with Crippen molar-refractivity contribution in [3.8, 4) is 5.75 Å². The van der Waals surface area contributed by atoms with Crippen LogP contribution in [0.5, 0.6) is 5.75 Å². The highest BCUT2D eigenvalue weighted by Crippen LogP contribution is 2.19. The average Bonchev–Trinajstić information content (AvgIpc) is 2.93. The lowest BCUT2D eigenvalue weighted by molar-refractivity contribution is 0.301. The number of hydrogen-bond donors (Lipinski definition) is 1. The molecule has 0 fully saturated rings. The summed E-state index contributed by atoms with van der Waals surface area (Å²) in [5.41, 5.74) is 1.93. The van der Waals surface area contributed by atoms with Gasteiger partial charge in [-0.05, 0) is 19.2 Å². The molecule has 0 saturated heterocycles. The fourth-order valence-corrected chi connectivity index (χ4v) is 2.73. The highest BCUT2D eigenvalue weighted by Gasteiger charge is 2.03. The number of hydrogen-bond acceptors (Lipinski definition) is 5. The smallest absolute Gasteiger partial charge is 0.138 e. The first-order chi connectivity index (χ1) is 9.85. The Kier molecular flexibility index (Phi) is 3.90. The molecule has 0 saturated carbocycles. The van der Waals surface area contributed by atoms with Crippen molar-refractivity contribution in [1.82, 2.24) is 15.3 Å². The van der Waals surface area contributed by atoms with Crippen molar-refractivity contribution in [1.29, 1.82) is 0 Å². The van der Waals surface area contributed by atoms with E-state index in [2.05, 4.69) is 15.3 Å². The van der Waals surface area contributed by atoms with Gasteiger partial charge in [0, 0.05) is 17.3 Å². The summed E-state index contributed by atoms with van der Waals surface area (Å²) in [5.74, 6) is 0.770. The molecule has 0 aliphatic carbocycles. The zero-order valence-corrected chi connectivity index (χ0v) is 12.0. The lowest BCUT2D eigenvalue weighted by Crippen LogP contribution is -2.05. The molecule has 1 N–H and O–H groups in total. The number of fused-ring (bicyclic) bond motifs is 1. The third kappa shape index (κ3) is 2.95. The summed E-state index contributed by atoms with van der Waals surface area (Å²) in [5, 5.41) is 7.27. The molecule has 0 radical (unpaired) electrons. The second kappa shape index (κ2) is 5.98. The summed E-state index contributed by atoms with van der Waals surface area (Å²) in [7, 11) is 1.92. The monoisotopic (exact) mass is 285 g/mol. The van der Waals surface area contributed by atoms with Gasteiger partial charge in [-0.2, -0.15) is 0 Å². The number of aromatic nitrogens is 2. The first kappa shape index (κ1) is 13.0. The van der Waals surface area contributed by atoms with Crippen LogP contribution < -0.4 is 10.1 Å². The molecule has 0 aliphatic rings. The van der Waals surface area contributed by atoms with E-state index in [1.165, 1.54) is 0 Å². The fraction of sp³-hybridized carbons (Fsp3) is 0.200. The Bertz CT molecular complexity index is 711. The second-order valence-electron chi connectivity index (χ2n) is 4.42. The van der Waals surface area contributed by atoms with Crippen molar-refractivity contribution in [3.63, 3.8) is 0 Å². The van der Waals surface area contributed by atoms with E-state index in [0.717, 1.165) is 33.9 Å². The van der Waals surface area contributed by atoms with Gasteiger partial charge >= 0.3 is 0 Å². The molecule has 3 aromatic rings. The molecule has 0 aliphatic heterocycles. The average molecular weight is 285 g/mol. The van der Waals surface area contributed by atoms with Crippen molar-refractivity contribution in [3.05, 3.63) is 52.6 Å². The van der Waals surface area contributed by atoms with Crippen LogP contribution >= 0.6 is 11.3 Å². The number of ether oxygens (including phenoxy) is 1. The SMILES string of the molecule is CNCc1nc(COc2cnc3ccccc3c2)cs1. The number of thiazole rings is 1. The van der Waals surface area contributed by atoms with Crippen molar-refractivity contribution in [2.24, 2.45) is 0 Å². The summed E-state index contributed by atoms with van der Waals surface area (Å²) in [6.45, 7) is 1.27. The maximum Gasteiger partial charge on any atom is 0.138 e.